The van der Waals surface area contributed by atoms with Gasteiger partial charge in [-0.2, -0.15) is 0 Å². The lowest BCUT2D eigenvalue weighted by molar-refractivity contribution is 0.473. The molecule has 0 radical (unpaired) electrons. The predicted octanol–water partition coefficient (Wildman–Crippen LogP) is 3.99. The van der Waals surface area contributed by atoms with Gasteiger partial charge in [0.25, 0.3) is 0 Å². The van der Waals surface area contributed by atoms with Crippen molar-refractivity contribution in [1.82, 2.24) is 0 Å². The van der Waals surface area contributed by atoms with E-state index in [1.54, 1.807) is 0 Å². The SMILES string of the molecule is Oc1c2ccc3c(c2c(O)c2ccc4c(c12)=NC[C@@H]1CC=C[C@H]41)=NC[C@H]1CC=C[C@@H]31. The Bertz CT molecular complexity index is 1340. The zero-order valence-electron chi connectivity index (χ0n) is 16.5. The van der Waals surface area contributed by atoms with Crippen LogP contribution in [0.5, 0.6) is 11.5 Å². The number of phenolic OH excluding ortho intramolecular Hbond substituents is 2. The summed E-state index contributed by atoms with van der Waals surface area (Å²) in [5.41, 5.74) is 2.31. The summed E-state index contributed by atoms with van der Waals surface area (Å²) < 4.78 is 0. The molecule has 4 heteroatoms. The minimum atomic E-state index is 0.209. The fourth-order valence-corrected chi connectivity index (χ4v) is 6.15. The molecule has 2 N–H and O–H groups in total. The normalized spacial score (nSPS) is 28.0. The van der Waals surface area contributed by atoms with E-state index in [0.29, 0.717) is 45.2 Å². The van der Waals surface area contributed by atoms with Gasteiger partial charge in [0.15, 0.2) is 0 Å². The highest BCUT2D eigenvalue weighted by Crippen LogP contribution is 2.44. The first kappa shape index (κ1) is 16.6. The lowest BCUT2D eigenvalue weighted by Gasteiger charge is -2.25. The van der Waals surface area contributed by atoms with Gasteiger partial charge in [0.1, 0.15) is 11.5 Å². The number of allylic oxidation sites excluding steroid dienone is 4. The highest BCUT2D eigenvalue weighted by Gasteiger charge is 2.32. The monoisotopic (exact) mass is 394 g/mol. The number of phenols is 2. The largest absolute Gasteiger partial charge is 0.507 e. The summed E-state index contributed by atoms with van der Waals surface area (Å²) in [6.07, 6.45) is 11.1. The highest BCUT2D eigenvalue weighted by molar-refractivity contribution is 6.10. The van der Waals surface area contributed by atoms with Gasteiger partial charge < -0.3 is 10.2 Å². The van der Waals surface area contributed by atoms with Crippen LogP contribution in [0.4, 0.5) is 0 Å². The van der Waals surface area contributed by atoms with Crippen molar-refractivity contribution < 1.29 is 10.2 Å². The Morgan fingerprint density at radius 1 is 0.667 bits per heavy atom. The third kappa shape index (κ3) is 1.97. The Labute approximate surface area is 173 Å². The first-order chi connectivity index (χ1) is 14.7. The molecule has 30 heavy (non-hydrogen) atoms. The summed E-state index contributed by atoms with van der Waals surface area (Å²) in [6, 6.07) is 8.07. The van der Waals surface area contributed by atoms with Crippen LogP contribution in [0.2, 0.25) is 0 Å². The molecule has 0 saturated heterocycles. The molecule has 2 heterocycles. The van der Waals surface area contributed by atoms with Crippen molar-refractivity contribution in [3.8, 4) is 11.5 Å². The molecule has 0 fully saturated rings. The summed E-state index contributed by atoms with van der Waals surface area (Å²) in [6.45, 7) is 1.52. The molecule has 2 aliphatic carbocycles. The molecule has 0 bridgehead atoms. The average Bonchev–Trinajstić information content (AvgIpc) is 3.45. The first-order valence-electron chi connectivity index (χ1n) is 10.9. The smallest absolute Gasteiger partial charge is 0.133 e. The molecule has 7 rings (SSSR count). The predicted molar refractivity (Wildman–Crippen MR) is 117 cm³/mol. The van der Waals surface area contributed by atoms with Gasteiger partial charge in [-0.05, 0) is 35.8 Å². The molecular formula is C26H22N2O2. The second-order valence-corrected chi connectivity index (χ2v) is 9.13. The molecule has 3 aromatic carbocycles. The molecule has 0 spiro atoms. The van der Waals surface area contributed by atoms with E-state index in [-0.39, 0.29) is 11.5 Å². The van der Waals surface area contributed by atoms with Crippen molar-refractivity contribution in [2.75, 3.05) is 13.1 Å². The van der Waals surface area contributed by atoms with Gasteiger partial charge in [-0.1, -0.05) is 48.6 Å². The zero-order valence-corrected chi connectivity index (χ0v) is 16.5. The molecule has 4 atom stereocenters. The van der Waals surface area contributed by atoms with Crippen molar-refractivity contribution in [3.05, 3.63) is 70.4 Å². The Hall–Kier alpha value is -3.14. The Balaban J connectivity index is 1.60. The van der Waals surface area contributed by atoms with Crippen molar-refractivity contribution in [2.45, 2.75) is 24.7 Å². The molecule has 0 saturated carbocycles. The summed E-state index contributed by atoms with van der Waals surface area (Å²) in [5, 5.41) is 27.1. The summed E-state index contributed by atoms with van der Waals surface area (Å²) in [5.74, 6) is 2.16. The van der Waals surface area contributed by atoms with Crippen LogP contribution in [-0.4, -0.2) is 23.3 Å². The zero-order chi connectivity index (χ0) is 20.0. The number of aromatic hydroxyl groups is 2. The number of nitrogens with zero attached hydrogens (tertiary/aromatic N) is 2. The summed E-state index contributed by atoms with van der Waals surface area (Å²) >= 11 is 0. The lowest BCUT2D eigenvalue weighted by atomic mass is 9.83. The van der Waals surface area contributed by atoms with Crippen LogP contribution >= 0.6 is 0 Å². The van der Waals surface area contributed by atoms with Gasteiger partial charge >= 0.3 is 0 Å². The van der Waals surface area contributed by atoms with Gasteiger partial charge in [0.05, 0.1) is 21.5 Å². The molecule has 0 unspecified atom stereocenters. The van der Waals surface area contributed by atoms with E-state index in [1.165, 1.54) is 0 Å². The van der Waals surface area contributed by atoms with Crippen LogP contribution in [-0.2, 0) is 0 Å². The van der Waals surface area contributed by atoms with Gasteiger partial charge in [0.2, 0.25) is 0 Å². The maximum atomic E-state index is 11.4. The first-order valence-corrected chi connectivity index (χ1v) is 10.9. The Kier molecular flexibility index (Phi) is 3.17. The van der Waals surface area contributed by atoms with Crippen molar-refractivity contribution in [1.29, 1.82) is 0 Å². The molecule has 4 nitrogen and oxygen atoms in total. The quantitative estimate of drug-likeness (QED) is 0.344. The minimum Gasteiger partial charge on any atom is -0.507 e. The van der Waals surface area contributed by atoms with E-state index in [0.717, 1.165) is 47.8 Å². The lowest BCUT2D eigenvalue weighted by Crippen LogP contribution is -2.27. The maximum absolute atomic E-state index is 11.4. The molecular weight excluding hydrogens is 372 g/mol. The van der Waals surface area contributed by atoms with Crippen LogP contribution in [0.15, 0.2) is 58.6 Å². The molecule has 148 valence electrons. The molecule has 2 aliphatic heterocycles. The standard InChI is InChI=1S/C26H22N2O2/c29-25-20-10-8-18-16-6-2-4-14(16)12-28-24(18)22(20)26(30)19-9-7-17-15-5-1-3-13(15)11-27-23(17)21(19)25/h1-2,5-10,13-16,29-30H,3-4,11-12H2/t13-,14+,15-,16+. The summed E-state index contributed by atoms with van der Waals surface area (Å²) in [4.78, 5) is 9.72. The van der Waals surface area contributed by atoms with Gasteiger partial charge in [-0.25, -0.2) is 0 Å². The number of hydrogen-bond acceptors (Lipinski definition) is 4. The molecule has 0 amide bonds. The van der Waals surface area contributed by atoms with E-state index in [1.807, 2.05) is 12.1 Å². The fraction of sp³-hybridized carbons (Fsp3) is 0.308. The average molecular weight is 394 g/mol. The van der Waals surface area contributed by atoms with Crippen LogP contribution in [0.1, 0.15) is 35.8 Å². The molecule has 3 aromatic rings. The van der Waals surface area contributed by atoms with Crippen molar-refractivity contribution in [2.24, 2.45) is 21.8 Å². The van der Waals surface area contributed by atoms with Crippen molar-refractivity contribution >= 4 is 21.5 Å². The van der Waals surface area contributed by atoms with Crippen LogP contribution < -0.4 is 10.7 Å². The number of fused-ring (bicyclic) bond motifs is 10. The van der Waals surface area contributed by atoms with Crippen LogP contribution in [0, 0.1) is 11.8 Å². The second-order valence-electron chi connectivity index (χ2n) is 9.13. The number of rotatable bonds is 0. The van der Waals surface area contributed by atoms with Crippen LogP contribution in [0.3, 0.4) is 0 Å². The van der Waals surface area contributed by atoms with Crippen LogP contribution in [0.25, 0.3) is 21.5 Å². The third-order valence-electron chi connectivity index (χ3n) is 7.67. The number of hydrogen-bond donors (Lipinski definition) is 2. The van der Waals surface area contributed by atoms with Gasteiger partial charge in [-0.3, -0.25) is 9.98 Å². The van der Waals surface area contributed by atoms with E-state index in [9.17, 15) is 10.2 Å². The molecule has 0 aromatic heterocycles. The maximum Gasteiger partial charge on any atom is 0.133 e. The summed E-state index contributed by atoms with van der Waals surface area (Å²) in [7, 11) is 0. The van der Waals surface area contributed by atoms with E-state index in [2.05, 4.69) is 36.4 Å². The van der Waals surface area contributed by atoms with Gasteiger partial charge in [-0.15, -0.1) is 0 Å². The van der Waals surface area contributed by atoms with Gasteiger partial charge in [0, 0.05) is 35.7 Å². The topological polar surface area (TPSA) is 65.2 Å². The van der Waals surface area contributed by atoms with Crippen molar-refractivity contribution in [3.63, 3.8) is 0 Å². The minimum absolute atomic E-state index is 0.209. The van der Waals surface area contributed by atoms with E-state index < -0.39 is 0 Å². The van der Waals surface area contributed by atoms with E-state index >= 15 is 0 Å². The highest BCUT2D eigenvalue weighted by atomic mass is 16.3. The second kappa shape index (κ2) is 5.72. The van der Waals surface area contributed by atoms with E-state index in [4.69, 9.17) is 9.98 Å². The number of benzene rings is 3. The third-order valence-corrected chi connectivity index (χ3v) is 7.67. The molecule has 4 aliphatic rings. The fourth-order valence-electron chi connectivity index (χ4n) is 6.15. The Morgan fingerprint density at radius 3 is 1.60 bits per heavy atom. The Morgan fingerprint density at radius 2 is 1.13 bits per heavy atom.